The summed E-state index contributed by atoms with van der Waals surface area (Å²) in [6.07, 6.45) is 5.57. The van der Waals surface area contributed by atoms with E-state index in [0.29, 0.717) is 28.0 Å². The first-order valence-electron chi connectivity index (χ1n) is 10.4. The van der Waals surface area contributed by atoms with E-state index in [4.69, 9.17) is 11.6 Å². The second kappa shape index (κ2) is 8.60. The third-order valence-electron chi connectivity index (χ3n) is 5.43. The average molecular weight is 460 g/mol. The van der Waals surface area contributed by atoms with E-state index < -0.39 is 5.95 Å². The predicted octanol–water partition coefficient (Wildman–Crippen LogP) is 5.13. The molecule has 0 atom stereocenters. The van der Waals surface area contributed by atoms with Gasteiger partial charge < -0.3 is 10.3 Å². The molecule has 0 bridgehead atoms. The molecule has 6 nitrogen and oxygen atoms in total. The van der Waals surface area contributed by atoms with Crippen LogP contribution < -0.4 is 5.32 Å². The summed E-state index contributed by atoms with van der Waals surface area (Å²) >= 11 is 6.09. The fraction of sp³-hybridized carbons (Fsp3) is 0.120. The Balaban J connectivity index is 1.31. The van der Waals surface area contributed by atoms with E-state index in [0.717, 1.165) is 27.7 Å². The van der Waals surface area contributed by atoms with Crippen LogP contribution in [0.4, 0.5) is 4.39 Å². The van der Waals surface area contributed by atoms with Crippen LogP contribution in [0.25, 0.3) is 21.9 Å². The molecule has 0 fully saturated rings. The van der Waals surface area contributed by atoms with Crippen molar-refractivity contribution in [1.82, 2.24) is 25.3 Å². The fourth-order valence-electron chi connectivity index (χ4n) is 3.76. The number of halogens is 2. The van der Waals surface area contributed by atoms with Crippen molar-refractivity contribution in [1.29, 1.82) is 0 Å². The SMILES string of the molecule is Cc1cnc2ccc(Cc3cc(C(=O)NCc4cc5c(Cl)c[nH]c5nc4F)ccn3)cc2c1. The number of carbonyl (C=O) groups excluding carboxylic acids is 1. The number of benzene rings is 1. The molecule has 8 heteroatoms. The third-order valence-corrected chi connectivity index (χ3v) is 5.74. The molecule has 2 N–H and O–H groups in total. The summed E-state index contributed by atoms with van der Waals surface area (Å²) in [5, 5.41) is 4.87. The highest BCUT2D eigenvalue weighted by molar-refractivity contribution is 6.35. The zero-order chi connectivity index (χ0) is 22.9. The first kappa shape index (κ1) is 21.0. The molecule has 0 aliphatic heterocycles. The van der Waals surface area contributed by atoms with Crippen LogP contribution in [0.3, 0.4) is 0 Å². The Kier molecular flexibility index (Phi) is 5.48. The minimum Gasteiger partial charge on any atom is -0.348 e. The molecule has 0 saturated heterocycles. The van der Waals surface area contributed by atoms with Crippen LogP contribution in [0.15, 0.2) is 61.1 Å². The number of hydrogen-bond donors (Lipinski definition) is 2. The molecule has 33 heavy (non-hydrogen) atoms. The van der Waals surface area contributed by atoms with Crippen molar-refractivity contribution >= 4 is 39.4 Å². The van der Waals surface area contributed by atoms with Gasteiger partial charge in [0.05, 0.1) is 10.5 Å². The van der Waals surface area contributed by atoms with Crippen LogP contribution in [0.1, 0.15) is 32.7 Å². The monoisotopic (exact) mass is 459 g/mol. The van der Waals surface area contributed by atoms with E-state index in [9.17, 15) is 9.18 Å². The van der Waals surface area contributed by atoms with Crippen molar-refractivity contribution in [3.05, 3.63) is 100.0 Å². The van der Waals surface area contributed by atoms with Gasteiger partial charge in [-0.05, 0) is 54.4 Å². The Morgan fingerprint density at radius 3 is 2.91 bits per heavy atom. The standard InChI is InChI=1S/C25H19ClFN5O/c1-14-6-17-7-15(2-3-22(17)29-11-14)8-19-9-16(4-5-28-19)25(33)31-12-18-10-20-21(26)13-30-24(20)32-23(18)27/h2-7,9-11,13H,8,12H2,1H3,(H,30,32)(H,31,33). The highest BCUT2D eigenvalue weighted by atomic mass is 35.5. The Labute approximate surface area is 193 Å². The smallest absolute Gasteiger partial charge is 0.251 e. The lowest BCUT2D eigenvalue weighted by Gasteiger charge is -2.08. The average Bonchev–Trinajstić information content (AvgIpc) is 3.16. The van der Waals surface area contributed by atoms with E-state index in [1.807, 2.05) is 25.3 Å². The Bertz CT molecular complexity index is 1510. The minimum atomic E-state index is -0.655. The quantitative estimate of drug-likeness (QED) is 0.357. The molecule has 0 saturated carbocycles. The van der Waals surface area contributed by atoms with Gasteiger partial charge in [-0.3, -0.25) is 14.8 Å². The van der Waals surface area contributed by atoms with Crippen LogP contribution in [0.2, 0.25) is 5.02 Å². The number of nitrogens with zero attached hydrogens (tertiary/aromatic N) is 3. The van der Waals surface area contributed by atoms with E-state index in [1.54, 1.807) is 30.6 Å². The van der Waals surface area contributed by atoms with Crippen molar-refractivity contribution in [2.24, 2.45) is 0 Å². The molecule has 5 rings (SSSR count). The Hall–Kier alpha value is -3.84. The minimum absolute atomic E-state index is 0.0101. The van der Waals surface area contributed by atoms with Crippen molar-refractivity contribution in [3.8, 4) is 0 Å². The van der Waals surface area contributed by atoms with Crippen molar-refractivity contribution in [3.63, 3.8) is 0 Å². The summed E-state index contributed by atoms with van der Waals surface area (Å²) < 4.78 is 14.3. The number of aromatic amines is 1. The summed E-state index contributed by atoms with van der Waals surface area (Å²) in [4.78, 5) is 28.2. The summed E-state index contributed by atoms with van der Waals surface area (Å²) in [5.41, 5.74) is 4.94. The molecule has 4 heterocycles. The van der Waals surface area contributed by atoms with Gasteiger partial charge in [0.15, 0.2) is 0 Å². The second-order valence-corrected chi connectivity index (χ2v) is 8.31. The van der Waals surface area contributed by atoms with Gasteiger partial charge in [-0.2, -0.15) is 4.39 Å². The number of carbonyl (C=O) groups is 1. The zero-order valence-electron chi connectivity index (χ0n) is 17.7. The lowest BCUT2D eigenvalue weighted by molar-refractivity contribution is 0.0950. The first-order chi connectivity index (χ1) is 16.0. The molecule has 4 aromatic heterocycles. The molecule has 0 radical (unpaired) electrons. The molecule has 0 aliphatic carbocycles. The number of nitrogens with one attached hydrogen (secondary N) is 2. The normalized spacial score (nSPS) is 11.2. The highest BCUT2D eigenvalue weighted by Crippen LogP contribution is 2.23. The summed E-state index contributed by atoms with van der Waals surface area (Å²) in [6, 6.07) is 13.1. The van der Waals surface area contributed by atoms with Crippen LogP contribution in [0, 0.1) is 12.9 Å². The molecule has 0 spiro atoms. The van der Waals surface area contributed by atoms with Crippen molar-refractivity contribution in [2.75, 3.05) is 0 Å². The van der Waals surface area contributed by atoms with Gasteiger partial charge in [0.2, 0.25) is 5.95 Å². The van der Waals surface area contributed by atoms with Crippen LogP contribution in [0.5, 0.6) is 0 Å². The van der Waals surface area contributed by atoms with Gasteiger partial charge in [0.1, 0.15) is 5.65 Å². The van der Waals surface area contributed by atoms with Gasteiger partial charge in [-0.25, -0.2) is 4.98 Å². The largest absolute Gasteiger partial charge is 0.348 e. The number of rotatable bonds is 5. The number of H-pyrrole nitrogens is 1. The van der Waals surface area contributed by atoms with Gasteiger partial charge in [0.25, 0.3) is 5.91 Å². The molecule has 0 aliphatic rings. The number of hydrogen-bond acceptors (Lipinski definition) is 4. The highest BCUT2D eigenvalue weighted by Gasteiger charge is 2.13. The molecular formula is C25H19ClFN5O. The van der Waals surface area contributed by atoms with Gasteiger partial charge in [-0.15, -0.1) is 0 Å². The van der Waals surface area contributed by atoms with Crippen molar-refractivity contribution in [2.45, 2.75) is 19.9 Å². The third kappa shape index (κ3) is 4.40. The van der Waals surface area contributed by atoms with Crippen molar-refractivity contribution < 1.29 is 9.18 Å². The lowest BCUT2D eigenvalue weighted by atomic mass is 10.0. The van der Waals surface area contributed by atoms with Crippen LogP contribution >= 0.6 is 11.6 Å². The summed E-state index contributed by atoms with van der Waals surface area (Å²) in [5.74, 6) is -0.977. The summed E-state index contributed by atoms with van der Waals surface area (Å²) in [6.45, 7) is 2.00. The van der Waals surface area contributed by atoms with Crippen LogP contribution in [-0.4, -0.2) is 25.8 Å². The second-order valence-electron chi connectivity index (χ2n) is 7.91. The van der Waals surface area contributed by atoms with Crippen LogP contribution in [-0.2, 0) is 13.0 Å². The van der Waals surface area contributed by atoms with Gasteiger partial charge in [-0.1, -0.05) is 17.7 Å². The van der Waals surface area contributed by atoms with E-state index in [-0.39, 0.29) is 18.0 Å². The van der Waals surface area contributed by atoms with E-state index in [1.165, 1.54) is 0 Å². The lowest BCUT2D eigenvalue weighted by Crippen LogP contribution is -2.23. The number of amides is 1. The van der Waals surface area contributed by atoms with Gasteiger partial charge >= 0.3 is 0 Å². The number of fused-ring (bicyclic) bond motifs is 2. The van der Waals surface area contributed by atoms with Gasteiger partial charge in [0, 0.05) is 59.1 Å². The Morgan fingerprint density at radius 2 is 2.03 bits per heavy atom. The molecular weight excluding hydrogens is 441 g/mol. The number of aryl methyl sites for hydroxylation is 1. The fourth-order valence-corrected chi connectivity index (χ4v) is 3.96. The molecule has 5 aromatic rings. The first-order valence-corrected chi connectivity index (χ1v) is 10.7. The number of aromatic nitrogens is 4. The number of pyridine rings is 3. The van der Waals surface area contributed by atoms with E-state index in [2.05, 4.69) is 37.4 Å². The predicted molar refractivity (Wildman–Crippen MR) is 126 cm³/mol. The maximum absolute atomic E-state index is 14.3. The molecule has 1 aromatic carbocycles. The molecule has 164 valence electrons. The molecule has 1 amide bonds. The Morgan fingerprint density at radius 1 is 1.15 bits per heavy atom. The summed E-state index contributed by atoms with van der Waals surface area (Å²) in [7, 11) is 0. The molecule has 0 unspecified atom stereocenters. The van der Waals surface area contributed by atoms with E-state index >= 15 is 0 Å². The maximum Gasteiger partial charge on any atom is 0.251 e. The zero-order valence-corrected chi connectivity index (χ0v) is 18.4. The maximum atomic E-state index is 14.3. The topological polar surface area (TPSA) is 83.6 Å².